The Morgan fingerprint density at radius 2 is 2.00 bits per heavy atom. The summed E-state index contributed by atoms with van der Waals surface area (Å²) in [4.78, 5) is 0. The van der Waals surface area contributed by atoms with Crippen molar-refractivity contribution in [3.8, 4) is 0 Å². The number of benzene rings is 1. The predicted octanol–water partition coefficient (Wildman–Crippen LogP) is 2.67. The molecule has 3 heteroatoms. The fourth-order valence-corrected chi connectivity index (χ4v) is 0.974. The van der Waals surface area contributed by atoms with Crippen LogP contribution in [0.3, 0.4) is 0 Å². The molecule has 0 heterocycles. The summed E-state index contributed by atoms with van der Waals surface area (Å²) in [6.07, 6.45) is 0. The molecule has 1 aromatic carbocycles. The largest absolute Gasteiger partial charge is 0.328 e. The van der Waals surface area contributed by atoms with Gasteiger partial charge in [-0.05, 0) is 24.1 Å². The van der Waals surface area contributed by atoms with E-state index in [2.05, 4.69) is 4.72 Å². The Labute approximate surface area is 63.8 Å². The van der Waals surface area contributed by atoms with Crippen molar-refractivity contribution in [2.45, 2.75) is 0 Å². The van der Waals surface area contributed by atoms with Crippen molar-refractivity contribution in [1.82, 2.24) is 0 Å². The van der Waals surface area contributed by atoms with Crippen LogP contribution in [0.2, 0.25) is 0 Å². The third-order valence-electron chi connectivity index (χ3n) is 1.02. The molecule has 0 aliphatic heterocycles. The SMILES string of the molecule is FCSNc1ccccc1. The van der Waals surface area contributed by atoms with Crippen LogP contribution in [-0.2, 0) is 0 Å². The van der Waals surface area contributed by atoms with Gasteiger partial charge in [0.15, 0.2) is 6.01 Å². The smallest absolute Gasteiger partial charge is 0.154 e. The Kier molecular flexibility index (Phi) is 3.09. The Hall–Kier alpha value is -0.700. The molecule has 1 nitrogen and oxygen atoms in total. The molecule has 0 amide bonds. The molecule has 0 saturated carbocycles. The Morgan fingerprint density at radius 1 is 1.30 bits per heavy atom. The Bertz CT molecular complexity index is 178. The average Bonchev–Trinajstić information content (AvgIpc) is 2.03. The molecular formula is C7H8FNS. The first-order valence-corrected chi connectivity index (χ1v) is 3.91. The summed E-state index contributed by atoms with van der Waals surface area (Å²) in [5.74, 6) is 0. The maximum atomic E-state index is 11.6. The predicted molar refractivity (Wildman–Crippen MR) is 43.6 cm³/mol. The number of hydrogen-bond donors (Lipinski definition) is 1. The average molecular weight is 157 g/mol. The lowest BCUT2D eigenvalue weighted by Crippen LogP contribution is -1.84. The van der Waals surface area contributed by atoms with Gasteiger partial charge in [-0.1, -0.05) is 18.2 Å². The summed E-state index contributed by atoms with van der Waals surface area (Å²) in [5, 5.41) is 0. The Morgan fingerprint density at radius 3 is 2.60 bits per heavy atom. The van der Waals surface area contributed by atoms with Crippen LogP contribution in [0.25, 0.3) is 0 Å². The summed E-state index contributed by atoms with van der Waals surface area (Å²) in [7, 11) is 0. The van der Waals surface area contributed by atoms with Gasteiger partial charge < -0.3 is 4.72 Å². The molecule has 10 heavy (non-hydrogen) atoms. The van der Waals surface area contributed by atoms with E-state index in [1.54, 1.807) is 0 Å². The van der Waals surface area contributed by atoms with Gasteiger partial charge in [-0.3, -0.25) is 0 Å². The second kappa shape index (κ2) is 4.17. The monoisotopic (exact) mass is 157 g/mol. The first kappa shape index (κ1) is 7.41. The zero-order valence-corrected chi connectivity index (χ0v) is 6.20. The molecule has 0 fully saturated rings. The minimum Gasteiger partial charge on any atom is -0.328 e. The lowest BCUT2D eigenvalue weighted by atomic mass is 10.3. The number of nitrogens with one attached hydrogen (secondary N) is 1. The minimum absolute atomic E-state index is 0.408. The van der Waals surface area contributed by atoms with E-state index in [0.29, 0.717) is 0 Å². The van der Waals surface area contributed by atoms with Gasteiger partial charge >= 0.3 is 0 Å². The van der Waals surface area contributed by atoms with E-state index in [0.717, 1.165) is 17.6 Å². The van der Waals surface area contributed by atoms with Crippen LogP contribution in [0.4, 0.5) is 10.1 Å². The van der Waals surface area contributed by atoms with E-state index in [9.17, 15) is 4.39 Å². The van der Waals surface area contributed by atoms with Crippen molar-refractivity contribution in [3.63, 3.8) is 0 Å². The highest BCUT2D eigenvalue weighted by atomic mass is 32.2. The van der Waals surface area contributed by atoms with Crippen LogP contribution in [0.1, 0.15) is 0 Å². The Balaban J connectivity index is 2.43. The molecule has 0 bridgehead atoms. The van der Waals surface area contributed by atoms with Crippen LogP contribution in [0, 0.1) is 0 Å². The van der Waals surface area contributed by atoms with Gasteiger partial charge in [0.05, 0.1) is 0 Å². The fourth-order valence-electron chi connectivity index (χ4n) is 0.617. The topological polar surface area (TPSA) is 12.0 Å². The number of rotatable bonds is 3. The summed E-state index contributed by atoms with van der Waals surface area (Å²) in [6.45, 7) is 0. The van der Waals surface area contributed by atoms with Crippen molar-refractivity contribution in [1.29, 1.82) is 0 Å². The van der Waals surface area contributed by atoms with E-state index in [-0.39, 0.29) is 0 Å². The molecule has 1 rings (SSSR count). The number of halogens is 1. The first-order valence-electron chi connectivity index (χ1n) is 2.92. The molecule has 0 aromatic heterocycles. The van der Waals surface area contributed by atoms with Gasteiger partial charge in [0.2, 0.25) is 0 Å². The number of alkyl halides is 1. The van der Waals surface area contributed by atoms with Gasteiger partial charge in [0.25, 0.3) is 0 Å². The summed E-state index contributed by atoms with van der Waals surface area (Å²) >= 11 is 1.04. The van der Waals surface area contributed by atoms with E-state index in [4.69, 9.17) is 0 Å². The van der Waals surface area contributed by atoms with Crippen molar-refractivity contribution in [2.75, 3.05) is 10.7 Å². The maximum absolute atomic E-state index is 11.6. The normalized spacial score (nSPS) is 9.30. The lowest BCUT2D eigenvalue weighted by Gasteiger charge is -1.99. The third kappa shape index (κ3) is 2.27. The van der Waals surface area contributed by atoms with Crippen LogP contribution < -0.4 is 4.72 Å². The maximum Gasteiger partial charge on any atom is 0.154 e. The molecule has 0 spiro atoms. The molecule has 0 atom stereocenters. The van der Waals surface area contributed by atoms with Crippen molar-refractivity contribution < 1.29 is 4.39 Å². The molecule has 0 radical (unpaired) electrons. The number of hydrogen-bond acceptors (Lipinski definition) is 2. The van der Waals surface area contributed by atoms with Crippen LogP contribution in [0.5, 0.6) is 0 Å². The van der Waals surface area contributed by atoms with Crippen molar-refractivity contribution >= 4 is 17.6 Å². The standard InChI is InChI=1S/C7H8FNS/c8-6-10-9-7-4-2-1-3-5-7/h1-5,9H,6H2. The molecule has 1 aromatic rings. The molecule has 54 valence electrons. The van der Waals surface area contributed by atoms with Crippen LogP contribution in [-0.4, -0.2) is 6.01 Å². The molecule has 0 aliphatic carbocycles. The highest BCUT2D eigenvalue weighted by Gasteiger charge is 1.86. The second-order valence-electron chi connectivity index (χ2n) is 1.72. The van der Waals surface area contributed by atoms with E-state index in [1.807, 2.05) is 30.3 Å². The lowest BCUT2D eigenvalue weighted by molar-refractivity contribution is 0.606. The van der Waals surface area contributed by atoms with Gasteiger partial charge in [-0.25, -0.2) is 4.39 Å². The van der Waals surface area contributed by atoms with E-state index in [1.165, 1.54) is 0 Å². The summed E-state index contributed by atoms with van der Waals surface area (Å²) < 4.78 is 14.4. The van der Waals surface area contributed by atoms with E-state index >= 15 is 0 Å². The van der Waals surface area contributed by atoms with Crippen molar-refractivity contribution in [3.05, 3.63) is 30.3 Å². The first-order chi connectivity index (χ1) is 4.93. The summed E-state index contributed by atoms with van der Waals surface area (Å²) in [6, 6.07) is 9.10. The van der Waals surface area contributed by atoms with E-state index < -0.39 is 6.01 Å². The van der Waals surface area contributed by atoms with Crippen molar-refractivity contribution in [2.24, 2.45) is 0 Å². The van der Waals surface area contributed by atoms with Crippen LogP contribution in [0.15, 0.2) is 30.3 Å². The van der Waals surface area contributed by atoms with Gasteiger partial charge in [-0.15, -0.1) is 0 Å². The molecular weight excluding hydrogens is 149 g/mol. The highest BCUT2D eigenvalue weighted by Crippen LogP contribution is 2.10. The molecule has 0 unspecified atom stereocenters. The zero-order chi connectivity index (χ0) is 7.23. The van der Waals surface area contributed by atoms with Crippen LogP contribution >= 0.6 is 11.9 Å². The zero-order valence-electron chi connectivity index (χ0n) is 5.38. The quantitative estimate of drug-likeness (QED) is 0.677. The fraction of sp³-hybridized carbons (Fsp3) is 0.143. The molecule has 1 N–H and O–H groups in total. The molecule has 0 saturated heterocycles. The van der Waals surface area contributed by atoms with Gasteiger partial charge in [0.1, 0.15) is 0 Å². The summed E-state index contributed by atoms with van der Waals surface area (Å²) in [5.41, 5.74) is 0.935. The number of anilines is 1. The van der Waals surface area contributed by atoms with Gasteiger partial charge in [0, 0.05) is 5.69 Å². The van der Waals surface area contributed by atoms with Gasteiger partial charge in [-0.2, -0.15) is 0 Å². The minimum atomic E-state index is -0.408. The number of para-hydroxylation sites is 1. The second-order valence-corrected chi connectivity index (χ2v) is 2.43. The molecule has 0 aliphatic rings. The third-order valence-corrected chi connectivity index (χ3v) is 1.51. The highest BCUT2D eigenvalue weighted by molar-refractivity contribution is 8.00.